The lowest BCUT2D eigenvalue weighted by atomic mass is 10.2. The number of nitrogens with zero attached hydrogens (tertiary/aromatic N) is 1. The zero-order valence-corrected chi connectivity index (χ0v) is 7.74. The summed E-state index contributed by atoms with van der Waals surface area (Å²) in [4.78, 5) is 0. The molecule has 2 nitrogen and oxygen atoms in total. The Bertz CT molecular complexity index is 97.8. The van der Waals surface area contributed by atoms with E-state index in [2.05, 4.69) is 29.7 Å². The third kappa shape index (κ3) is 2.15. The molecular formula is C7H16N2S. The van der Waals surface area contributed by atoms with Gasteiger partial charge in [-0.25, -0.2) is 4.31 Å². The molecule has 0 aromatic heterocycles. The molecule has 1 heterocycles. The first-order valence-electron chi connectivity index (χ1n) is 3.77. The smallest absolute Gasteiger partial charge is 0.0241 e. The molecule has 60 valence electrons. The Balaban J connectivity index is 2.35. The molecule has 2 atom stereocenters. The third-order valence-electron chi connectivity index (χ3n) is 1.78. The van der Waals surface area contributed by atoms with Crippen LogP contribution >= 0.6 is 11.9 Å². The van der Waals surface area contributed by atoms with Crippen LogP contribution in [0.4, 0.5) is 0 Å². The molecule has 1 fully saturated rings. The van der Waals surface area contributed by atoms with Gasteiger partial charge in [-0.2, -0.15) is 0 Å². The van der Waals surface area contributed by atoms with Crippen molar-refractivity contribution < 1.29 is 0 Å². The van der Waals surface area contributed by atoms with Crippen LogP contribution in [0.5, 0.6) is 0 Å². The van der Waals surface area contributed by atoms with Crippen molar-refractivity contribution in [1.82, 2.24) is 9.62 Å². The highest BCUT2D eigenvalue weighted by atomic mass is 32.2. The summed E-state index contributed by atoms with van der Waals surface area (Å²) in [6.07, 6.45) is 2.14. The Morgan fingerprint density at radius 2 is 1.80 bits per heavy atom. The third-order valence-corrected chi connectivity index (χ3v) is 2.60. The van der Waals surface area contributed by atoms with E-state index in [4.69, 9.17) is 0 Å². The lowest BCUT2D eigenvalue weighted by molar-refractivity contribution is 0.281. The predicted octanol–water partition coefficient (Wildman–Crippen LogP) is 0.947. The van der Waals surface area contributed by atoms with Crippen molar-refractivity contribution in [2.75, 3.05) is 19.3 Å². The minimum atomic E-state index is 0.649. The molecule has 0 saturated carbocycles. The zero-order chi connectivity index (χ0) is 7.56. The van der Waals surface area contributed by atoms with E-state index < -0.39 is 0 Å². The summed E-state index contributed by atoms with van der Waals surface area (Å²) in [7, 11) is 0. The molecule has 0 aliphatic carbocycles. The fourth-order valence-corrected chi connectivity index (χ4v) is 2.17. The van der Waals surface area contributed by atoms with E-state index in [0.717, 1.165) is 0 Å². The maximum atomic E-state index is 3.49. The normalized spacial score (nSPS) is 36.3. The standard InChI is InChI=1S/C7H16N2S/c1-6-4-9(10-3)5-7(2)8-6/h6-8H,4-5H2,1-3H3/t6-,7+. The highest BCUT2D eigenvalue weighted by Crippen LogP contribution is 2.11. The molecule has 0 radical (unpaired) electrons. The van der Waals surface area contributed by atoms with Crippen LogP contribution in [0, 0.1) is 0 Å². The average molecular weight is 160 g/mol. The first kappa shape index (κ1) is 8.37. The zero-order valence-electron chi connectivity index (χ0n) is 6.92. The van der Waals surface area contributed by atoms with Crippen LogP contribution in [0.3, 0.4) is 0 Å². The molecule has 3 heteroatoms. The molecule has 1 saturated heterocycles. The molecule has 0 aromatic rings. The number of hydrogen-bond acceptors (Lipinski definition) is 3. The average Bonchev–Trinajstić information content (AvgIpc) is 1.85. The van der Waals surface area contributed by atoms with Crippen molar-refractivity contribution in [2.24, 2.45) is 0 Å². The van der Waals surface area contributed by atoms with E-state index in [-0.39, 0.29) is 0 Å². The molecule has 10 heavy (non-hydrogen) atoms. The van der Waals surface area contributed by atoms with Gasteiger partial charge in [-0.1, -0.05) is 11.9 Å². The fourth-order valence-electron chi connectivity index (χ4n) is 1.43. The van der Waals surface area contributed by atoms with Crippen LogP contribution in [0.1, 0.15) is 13.8 Å². The first-order valence-corrected chi connectivity index (χ1v) is 4.95. The van der Waals surface area contributed by atoms with Crippen molar-refractivity contribution in [3.8, 4) is 0 Å². The summed E-state index contributed by atoms with van der Waals surface area (Å²) < 4.78 is 2.41. The van der Waals surface area contributed by atoms with Crippen LogP contribution < -0.4 is 5.32 Å². The van der Waals surface area contributed by atoms with Gasteiger partial charge in [0.25, 0.3) is 0 Å². The summed E-state index contributed by atoms with van der Waals surface area (Å²) in [5.74, 6) is 0. The summed E-state index contributed by atoms with van der Waals surface area (Å²) in [6.45, 7) is 6.81. The van der Waals surface area contributed by atoms with E-state index in [9.17, 15) is 0 Å². The quantitative estimate of drug-likeness (QED) is 0.575. The van der Waals surface area contributed by atoms with Gasteiger partial charge in [-0.15, -0.1) is 0 Å². The first-order chi connectivity index (χ1) is 4.72. The van der Waals surface area contributed by atoms with Crippen LogP contribution in [-0.2, 0) is 0 Å². The highest BCUT2D eigenvalue weighted by Gasteiger charge is 2.19. The number of hydrogen-bond donors (Lipinski definition) is 1. The summed E-state index contributed by atoms with van der Waals surface area (Å²) >= 11 is 1.85. The maximum Gasteiger partial charge on any atom is 0.0241 e. The van der Waals surface area contributed by atoms with E-state index in [1.165, 1.54) is 13.1 Å². The SMILES string of the molecule is CSN1C[C@@H](C)N[C@@H](C)C1. The van der Waals surface area contributed by atoms with Gasteiger partial charge in [0.1, 0.15) is 0 Å². The Kier molecular flexibility index (Phi) is 3.01. The van der Waals surface area contributed by atoms with Crippen molar-refractivity contribution in [3.05, 3.63) is 0 Å². The Hall–Kier alpha value is 0.270. The van der Waals surface area contributed by atoms with E-state index in [0.29, 0.717) is 12.1 Å². The minimum absolute atomic E-state index is 0.649. The van der Waals surface area contributed by atoms with Gasteiger partial charge < -0.3 is 5.32 Å². The van der Waals surface area contributed by atoms with Crippen LogP contribution in [-0.4, -0.2) is 35.7 Å². The van der Waals surface area contributed by atoms with Crippen molar-refractivity contribution in [2.45, 2.75) is 25.9 Å². The van der Waals surface area contributed by atoms with E-state index in [1.807, 2.05) is 11.9 Å². The van der Waals surface area contributed by atoms with Gasteiger partial charge in [-0.05, 0) is 20.1 Å². The molecule has 0 bridgehead atoms. The molecule has 1 aliphatic heterocycles. The highest BCUT2D eigenvalue weighted by molar-refractivity contribution is 7.96. The molecule has 1 aliphatic rings. The van der Waals surface area contributed by atoms with Crippen molar-refractivity contribution in [3.63, 3.8) is 0 Å². The van der Waals surface area contributed by atoms with E-state index in [1.54, 1.807) is 0 Å². The predicted molar refractivity (Wildman–Crippen MR) is 47.1 cm³/mol. The molecule has 0 unspecified atom stereocenters. The second-order valence-electron chi connectivity index (χ2n) is 3.00. The van der Waals surface area contributed by atoms with Gasteiger partial charge in [-0.3, -0.25) is 0 Å². The topological polar surface area (TPSA) is 15.3 Å². The Morgan fingerprint density at radius 1 is 1.30 bits per heavy atom. The molecule has 1 N–H and O–H groups in total. The molecule has 0 aromatic carbocycles. The maximum absolute atomic E-state index is 3.49. The van der Waals surface area contributed by atoms with Crippen molar-refractivity contribution in [1.29, 1.82) is 0 Å². The lowest BCUT2D eigenvalue weighted by Crippen LogP contribution is -2.51. The summed E-state index contributed by atoms with van der Waals surface area (Å²) in [6, 6.07) is 1.30. The van der Waals surface area contributed by atoms with Gasteiger partial charge >= 0.3 is 0 Å². The lowest BCUT2D eigenvalue weighted by Gasteiger charge is -2.34. The van der Waals surface area contributed by atoms with Gasteiger partial charge in [0.15, 0.2) is 0 Å². The van der Waals surface area contributed by atoms with Crippen LogP contribution in [0.2, 0.25) is 0 Å². The fraction of sp³-hybridized carbons (Fsp3) is 1.00. The van der Waals surface area contributed by atoms with Crippen molar-refractivity contribution >= 4 is 11.9 Å². The molecule has 0 amide bonds. The second-order valence-corrected chi connectivity index (χ2v) is 3.88. The second kappa shape index (κ2) is 3.60. The summed E-state index contributed by atoms with van der Waals surface area (Å²) in [5, 5.41) is 3.49. The van der Waals surface area contributed by atoms with E-state index >= 15 is 0 Å². The minimum Gasteiger partial charge on any atom is -0.309 e. The Labute approximate surface area is 67.5 Å². The molecule has 1 rings (SSSR count). The number of nitrogens with one attached hydrogen (secondary N) is 1. The molecule has 0 spiro atoms. The number of piperazine rings is 1. The van der Waals surface area contributed by atoms with Gasteiger partial charge in [0, 0.05) is 25.2 Å². The monoisotopic (exact) mass is 160 g/mol. The summed E-state index contributed by atoms with van der Waals surface area (Å²) in [5.41, 5.74) is 0. The molecular weight excluding hydrogens is 144 g/mol. The largest absolute Gasteiger partial charge is 0.309 e. The van der Waals surface area contributed by atoms with Crippen LogP contribution in [0.15, 0.2) is 0 Å². The number of rotatable bonds is 1. The Morgan fingerprint density at radius 3 is 2.20 bits per heavy atom. The van der Waals surface area contributed by atoms with Crippen LogP contribution in [0.25, 0.3) is 0 Å². The van der Waals surface area contributed by atoms with Gasteiger partial charge in [0.2, 0.25) is 0 Å². The van der Waals surface area contributed by atoms with Gasteiger partial charge in [0.05, 0.1) is 0 Å².